The third-order valence-corrected chi connectivity index (χ3v) is 3.69. The maximum Gasteiger partial charge on any atom is 0.286 e. The average molecular weight is 404 g/mol. The number of rotatable bonds is 10. The molecule has 154 valence electrons. The fourth-order valence-corrected chi connectivity index (χ4v) is 2.38. The van der Waals surface area contributed by atoms with E-state index in [4.69, 9.17) is 15.2 Å². The molecule has 1 aromatic carbocycles. The second kappa shape index (κ2) is 9.88. The number of nitrogens with zero attached hydrogens (tertiary/aromatic N) is 2. The molecular formula is C18H20N4O7. The van der Waals surface area contributed by atoms with Gasteiger partial charge in [0.2, 0.25) is 5.91 Å². The van der Waals surface area contributed by atoms with Gasteiger partial charge in [-0.05, 0) is 31.2 Å². The van der Waals surface area contributed by atoms with Crippen molar-refractivity contribution in [1.29, 1.82) is 0 Å². The Balaban J connectivity index is 1.91. The normalized spacial score (nSPS) is 10.2. The standard InChI is InChI=1S/C18H20N4O7/c1-2-28-13-3-5-14(6-4-13)29-8-7-20-16(23)11-21-10-12(22(26)27)9-15(17(19)24)18(21)25/h3-6,9-10H,2,7-8,11H2,1H3,(H2,19,24)(H,20,23). The van der Waals surface area contributed by atoms with Crippen molar-refractivity contribution < 1.29 is 24.0 Å². The Hall–Kier alpha value is -3.89. The molecule has 0 spiro atoms. The smallest absolute Gasteiger partial charge is 0.286 e. The van der Waals surface area contributed by atoms with Crippen LogP contribution in [0.4, 0.5) is 5.69 Å². The van der Waals surface area contributed by atoms with Gasteiger partial charge in [0, 0.05) is 6.07 Å². The summed E-state index contributed by atoms with van der Waals surface area (Å²) in [5, 5.41) is 13.5. The summed E-state index contributed by atoms with van der Waals surface area (Å²) < 4.78 is 11.6. The molecule has 11 nitrogen and oxygen atoms in total. The Morgan fingerprint density at radius 3 is 2.38 bits per heavy atom. The summed E-state index contributed by atoms with van der Waals surface area (Å²) in [5.41, 5.74) is 3.09. The van der Waals surface area contributed by atoms with Crippen molar-refractivity contribution in [2.24, 2.45) is 5.73 Å². The molecule has 29 heavy (non-hydrogen) atoms. The number of nitrogens with one attached hydrogen (secondary N) is 1. The zero-order chi connectivity index (χ0) is 21.4. The lowest BCUT2D eigenvalue weighted by molar-refractivity contribution is -0.385. The molecule has 0 unspecified atom stereocenters. The largest absolute Gasteiger partial charge is 0.494 e. The predicted molar refractivity (Wildman–Crippen MR) is 102 cm³/mol. The third-order valence-electron chi connectivity index (χ3n) is 3.69. The van der Waals surface area contributed by atoms with Crippen LogP contribution in [0.5, 0.6) is 11.5 Å². The SMILES string of the molecule is CCOc1ccc(OCCNC(=O)Cn2cc([N+](=O)[O-])cc(C(N)=O)c2=O)cc1. The van der Waals surface area contributed by atoms with E-state index in [-0.39, 0.29) is 13.2 Å². The topological polar surface area (TPSA) is 156 Å². The van der Waals surface area contributed by atoms with Crippen molar-refractivity contribution in [1.82, 2.24) is 9.88 Å². The first kappa shape index (κ1) is 21.4. The van der Waals surface area contributed by atoms with Crippen molar-refractivity contribution in [3.05, 3.63) is 62.6 Å². The highest BCUT2D eigenvalue weighted by molar-refractivity contribution is 5.93. The highest BCUT2D eigenvalue weighted by Crippen LogP contribution is 2.17. The Bertz CT molecular complexity index is 954. The molecule has 11 heteroatoms. The second-order valence-corrected chi connectivity index (χ2v) is 5.77. The van der Waals surface area contributed by atoms with Gasteiger partial charge in [-0.1, -0.05) is 0 Å². The first-order valence-corrected chi connectivity index (χ1v) is 8.63. The number of primary amides is 1. The molecule has 0 fully saturated rings. The molecule has 0 saturated heterocycles. The van der Waals surface area contributed by atoms with E-state index in [9.17, 15) is 24.5 Å². The number of carbonyl (C=O) groups excluding carboxylic acids is 2. The van der Waals surface area contributed by atoms with Gasteiger partial charge in [-0.3, -0.25) is 29.1 Å². The van der Waals surface area contributed by atoms with Crippen LogP contribution >= 0.6 is 0 Å². The van der Waals surface area contributed by atoms with Gasteiger partial charge in [-0.25, -0.2) is 0 Å². The monoisotopic (exact) mass is 404 g/mol. The van der Waals surface area contributed by atoms with Crippen LogP contribution in [0, 0.1) is 10.1 Å². The maximum atomic E-state index is 12.1. The number of benzene rings is 1. The molecule has 0 bridgehead atoms. The number of hydrogen-bond acceptors (Lipinski definition) is 7. The molecular weight excluding hydrogens is 384 g/mol. The van der Waals surface area contributed by atoms with Crippen molar-refractivity contribution in [2.45, 2.75) is 13.5 Å². The van der Waals surface area contributed by atoms with Crippen molar-refractivity contribution >= 4 is 17.5 Å². The van der Waals surface area contributed by atoms with Gasteiger partial charge in [0.1, 0.15) is 30.2 Å². The van der Waals surface area contributed by atoms with Crippen molar-refractivity contribution in [2.75, 3.05) is 19.8 Å². The van der Waals surface area contributed by atoms with Gasteiger partial charge in [-0.2, -0.15) is 0 Å². The number of ether oxygens (including phenoxy) is 2. The minimum Gasteiger partial charge on any atom is -0.494 e. The van der Waals surface area contributed by atoms with Gasteiger partial charge in [-0.15, -0.1) is 0 Å². The van der Waals surface area contributed by atoms with Crippen molar-refractivity contribution in [3.8, 4) is 11.5 Å². The molecule has 1 heterocycles. The van der Waals surface area contributed by atoms with Gasteiger partial charge >= 0.3 is 0 Å². The molecule has 2 amide bonds. The molecule has 1 aromatic heterocycles. The van der Waals surface area contributed by atoms with E-state index >= 15 is 0 Å². The zero-order valence-corrected chi connectivity index (χ0v) is 15.6. The lowest BCUT2D eigenvalue weighted by Crippen LogP contribution is -2.36. The van der Waals surface area contributed by atoms with Crippen LogP contribution < -0.4 is 26.1 Å². The summed E-state index contributed by atoms with van der Waals surface area (Å²) in [4.78, 5) is 45.6. The van der Waals surface area contributed by atoms with E-state index < -0.39 is 40.1 Å². The number of amides is 2. The molecule has 0 aliphatic carbocycles. The highest BCUT2D eigenvalue weighted by atomic mass is 16.6. The summed E-state index contributed by atoms with van der Waals surface area (Å²) in [5.74, 6) is -0.399. The Labute approximate surface area is 165 Å². The molecule has 0 atom stereocenters. The maximum absolute atomic E-state index is 12.1. The molecule has 2 aromatic rings. The third kappa shape index (κ3) is 6.06. The summed E-state index contributed by atoms with van der Waals surface area (Å²) in [7, 11) is 0. The highest BCUT2D eigenvalue weighted by Gasteiger charge is 2.18. The van der Waals surface area contributed by atoms with Crippen LogP contribution in [0.2, 0.25) is 0 Å². The number of hydrogen-bond donors (Lipinski definition) is 2. The number of aromatic nitrogens is 1. The van der Waals surface area contributed by atoms with Crippen LogP contribution in [0.15, 0.2) is 41.3 Å². The quantitative estimate of drug-likeness (QED) is 0.331. The van der Waals surface area contributed by atoms with E-state index in [1.807, 2.05) is 6.92 Å². The summed E-state index contributed by atoms with van der Waals surface area (Å²) >= 11 is 0. The molecule has 2 rings (SSSR count). The molecule has 0 aliphatic heterocycles. The summed E-state index contributed by atoms with van der Waals surface area (Å²) in [6.45, 7) is 2.22. The van der Waals surface area contributed by atoms with Gasteiger partial charge in [0.15, 0.2) is 0 Å². The fraction of sp³-hybridized carbons (Fsp3) is 0.278. The van der Waals surface area contributed by atoms with Crippen LogP contribution in [0.3, 0.4) is 0 Å². The van der Waals surface area contributed by atoms with E-state index in [0.717, 1.165) is 16.8 Å². The van der Waals surface area contributed by atoms with E-state index in [2.05, 4.69) is 5.32 Å². The van der Waals surface area contributed by atoms with Crippen LogP contribution in [-0.4, -0.2) is 41.1 Å². The van der Waals surface area contributed by atoms with Gasteiger partial charge < -0.3 is 20.5 Å². The van der Waals surface area contributed by atoms with Crippen LogP contribution in [-0.2, 0) is 11.3 Å². The van der Waals surface area contributed by atoms with E-state index in [0.29, 0.717) is 18.1 Å². The molecule has 0 aliphatic rings. The van der Waals surface area contributed by atoms with Crippen LogP contribution in [0.1, 0.15) is 17.3 Å². The fourth-order valence-electron chi connectivity index (χ4n) is 2.38. The summed E-state index contributed by atoms with van der Waals surface area (Å²) in [6.07, 6.45) is 0.880. The zero-order valence-electron chi connectivity index (χ0n) is 15.6. The number of carbonyl (C=O) groups is 2. The molecule has 0 radical (unpaired) electrons. The minimum atomic E-state index is -1.11. The van der Waals surface area contributed by atoms with E-state index in [1.165, 1.54) is 0 Å². The first-order chi connectivity index (χ1) is 13.8. The van der Waals surface area contributed by atoms with E-state index in [1.54, 1.807) is 24.3 Å². The average Bonchev–Trinajstić information content (AvgIpc) is 2.68. The summed E-state index contributed by atoms with van der Waals surface area (Å²) in [6, 6.07) is 7.73. The Morgan fingerprint density at radius 1 is 1.21 bits per heavy atom. The second-order valence-electron chi connectivity index (χ2n) is 5.77. The molecule has 3 N–H and O–H groups in total. The van der Waals surface area contributed by atoms with Crippen LogP contribution in [0.25, 0.3) is 0 Å². The Morgan fingerprint density at radius 2 is 1.83 bits per heavy atom. The lowest BCUT2D eigenvalue weighted by Gasteiger charge is -2.10. The number of pyridine rings is 1. The number of nitro groups is 1. The van der Waals surface area contributed by atoms with Gasteiger partial charge in [0.25, 0.3) is 17.2 Å². The first-order valence-electron chi connectivity index (χ1n) is 8.63. The lowest BCUT2D eigenvalue weighted by atomic mass is 10.2. The number of nitrogens with two attached hydrogens (primary N) is 1. The van der Waals surface area contributed by atoms with Crippen molar-refractivity contribution in [3.63, 3.8) is 0 Å². The van der Waals surface area contributed by atoms with Gasteiger partial charge in [0.05, 0.1) is 24.3 Å². The minimum absolute atomic E-state index is 0.137. The predicted octanol–water partition coefficient (Wildman–Crippen LogP) is 0.449. The Kier molecular flexibility index (Phi) is 7.29. The molecule has 0 saturated carbocycles.